The molecule has 1 rings (SSSR count). The van der Waals surface area contributed by atoms with Crippen LogP contribution in [0.2, 0.25) is 0 Å². The zero-order valence-electron chi connectivity index (χ0n) is 9.50. The Hall–Kier alpha value is -0.580. The summed E-state index contributed by atoms with van der Waals surface area (Å²) in [6, 6.07) is 0. The van der Waals surface area contributed by atoms with Crippen LogP contribution in [0.15, 0.2) is 11.6 Å². The van der Waals surface area contributed by atoms with Crippen molar-refractivity contribution in [3.63, 3.8) is 0 Å². The summed E-state index contributed by atoms with van der Waals surface area (Å²) >= 11 is 5.27. The van der Waals surface area contributed by atoms with E-state index in [1.165, 1.54) is 0 Å². The molecule has 15 heavy (non-hydrogen) atoms. The van der Waals surface area contributed by atoms with E-state index in [-0.39, 0.29) is 5.91 Å². The Morgan fingerprint density at radius 3 is 2.40 bits per heavy atom. The molecule has 1 amide bonds. The predicted molar refractivity (Wildman–Crippen MR) is 62.0 cm³/mol. The maximum atomic E-state index is 10.4. The van der Waals surface area contributed by atoms with E-state index >= 15 is 0 Å². The average Bonchev–Trinajstić information content (AvgIpc) is 2.97. The topological polar surface area (TPSA) is 58.9 Å². The van der Waals surface area contributed by atoms with Gasteiger partial charge < -0.3 is 15.4 Å². The van der Waals surface area contributed by atoms with E-state index in [2.05, 4.69) is 0 Å². The quantitative estimate of drug-likeness (QED) is 0.440. The number of amides is 1. The summed E-state index contributed by atoms with van der Waals surface area (Å²) in [6.07, 6.45) is 2.21. The summed E-state index contributed by atoms with van der Waals surface area (Å²) in [6.45, 7) is 3.35. The fourth-order valence-corrected chi connectivity index (χ4v) is 0.755. The molecule has 0 aromatic rings. The summed E-state index contributed by atoms with van der Waals surface area (Å²) in [5, 5.41) is 0. The molecule has 0 bridgehead atoms. The Morgan fingerprint density at radius 1 is 1.67 bits per heavy atom. The van der Waals surface area contributed by atoms with Gasteiger partial charge in [0, 0.05) is 12.1 Å². The van der Waals surface area contributed by atoms with Gasteiger partial charge in [0.05, 0.1) is 18.6 Å². The van der Waals surface area contributed by atoms with Gasteiger partial charge in [-0.25, -0.2) is 0 Å². The van der Waals surface area contributed by atoms with Gasteiger partial charge in [-0.2, -0.15) is 0 Å². The Balaban J connectivity index is 0.000000322. The van der Waals surface area contributed by atoms with Crippen molar-refractivity contribution in [2.24, 2.45) is 5.73 Å². The van der Waals surface area contributed by atoms with Crippen LogP contribution in [0, 0.1) is 0 Å². The van der Waals surface area contributed by atoms with Crippen LogP contribution in [0.25, 0.3) is 0 Å². The molecular weight excluding hydrogens is 216 g/mol. The van der Waals surface area contributed by atoms with Crippen LogP contribution in [0.1, 0.15) is 6.92 Å². The summed E-state index contributed by atoms with van der Waals surface area (Å²) in [4.78, 5) is 12.4. The van der Waals surface area contributed by atoms with E-state index in [1.807, 2.05) is 25.1 Å². The molecule has 1 saturated heterocycles. The summed E-state index contributed by atoms with van der Waals surface area (Å²) in [5.74, 6) is 0.321. The number of rotatable bonds is 4. The lowest BCUT2D eigenvalue weighted by atomic mass is 10.3. The number of nitrogens with zero attached hydrogens (tertiary/aromatic N) is 1. The molecule has 0 aliphatic carbocycles. The first-order valence-electron chi connectivity index (χ1n) is 4.76. The molecule has 1 aliphatic heterocycles. The Labute approximate surface area is 96.0 Å². The number of ether oxygens (including phenoxy) is 1. The largest absolute Gasteiger partial charge is 0.372 e. The van der Waals surface area contributed by atoms with Crippen molar-refractivity contribution < 1.29 is 9.53 Å². The highest BCUT2D eigenvalue weighted by Crippen LogP contribution is 2.08. The van der Waals surface area contributed by atoms with E-state index in [1.54, 1.807) is 6.92 Å². The minimum absolute atomic E-state index is 0.346. The first-order valence-corrected chi connectivity index (χ1v) is 5.29. The van der Waals surface area contributed by atoms with Gasteiger partial charge in [-0.1, -0.05) is 6.08 Å². The number of epoxide rings is 1. The lowest BCUT2D eigenvalue weighted by molar-refractivity contribution is -0.114. The first kappa shape index (κ1) is 14.4. The number of primary amides is 1. The molecule has 1 aliphatic rings. The second-order valence-electron chi connectivity index (χ2n) is 3.62. The number of alkyl halides is 1. The minimum Gasteiger partial charge on any atom is -0.372 e. The van der Waals surface area contributed by atoms with Gasteiger partial charge in [0.25, 0.3) is 0 Å². The number of halogens is 1. The fraction of sp³-hybridized carbons (Fsp3) is 0.700. The van der Waals surface area contributed by atoms with E-state index in [9.17, 15) is 4.79 Å². The van der Waals surface area contributed by atoms with Crippen LogP contribution in [0.4, 0.5) is 0 Å². The van der Waals surface area contributed by atoms with Gasteiger partial charge in [0.1, 0.15) is 0 Å². The fourth-order valence-electron chi connectivity index (χ4n) is 0.577. The van der Waals surface area contributed by atoms with Gasteiger partial charge in [-0.3, -0.25) is 4.79 Å². The molecule has 0 aromatic carbocycles. The highest BCUT2D eigenvalue weighted by Gasteiger charge is 2.19. The van der Waals surface area contributed by atoms with Crippen molar-refractivity contribution in [2.45, 2.75) is 13.0 Å². The van der Waals surface area contributed by atoms with Crippen molar-refractivity contribution in [3.05, 3.63) is 11.6 Å². The molecule has 88 valence electrons. The van der Waals surface area contributed by atoms with Crippen molar-refractivity contribution >= 4 is 17.5 Å². The molecule has 0 aromatic heterocycles. The second-order valence-corrected chi connectivity index (χ2v) is 3.93. The SMILES string of the molecule is CC(=CCN(C)C)C(N)=O.ClCC1CO1. The smallest absolute Gasteiger partial charge is 0.244 e. The molecule has 5 heteroatoms. The number of carbonyl (C=O) groups excluding carboxylic acids is 1. The first-order chi connectivity index (χ1) is 6.97. The Kier molecular flexibility index (Phi) is 7.38. The van der Waals surface area contributed by atoms with Crippen LogP contribution in [-0.2, 0) is 9.53 Å². The van der Waals surface area contributed by atoms with Gasteiger partial charge >= 0.3 is 0 Å². The summed E-state index contributed by atoms with van der Waals surface area (Å²) in [7, 11) is 3.87. The molecule has 1 unspecified atom stereocenters. The van der Waals surface area contributed by atoms with Gasteiger partial charge in [0.2, 0.25) is 5.91 Å². The molecule has 4 nitrogen and oxygen atoms in total. The molecule has 1 heterocycles. The number of nitrogens with two attached hydrogens (primary N) is 1. The normalized spacial score (nSPS) is 19.5. The molecule has 0 saturated carbocycles. The molecule has 0 spiro atoms. The molecule has 2 N–H and O–H groups in total. The van der Waals surface area contributed by atoms with Crippen molar-refractivity contribution in [3.8, 4) is 0 Å². The monoisotopic (exact) mass is 234 g/mol. The predicted octanol–water partition coefficient (Wildman–Crippen LogP) is 0.604. The van der Waals surface area contributed by atoms with Crippen molar-refractivity contribution in [1.82, 2.24) is 4.90 Å². The van der Waals surface area contributed by atoms with E-state index in [4.69, 9.17) is 22.1 Å². The van der Waals surface area contributed by atoms with E-state index < -0.39 is 0 Å². The third kappa shape index (κ3) is 9.72. The molecule has 0 radical (unpaired) electrons. The number of likely N-dealkylation sites (N-methyl/N-ethyl adjacent to an activating group) is 1. The third-order valence-electron chi connectivity index (χ3n) is 1.73. The van der Waals surface area contributed by atoms with Crippen molar-refractivity contribution in [1.29, 1.82) is 0 Å². The lowest BCUT2D eigenvalue weighted by Gasteiger charge is -2.04. The van der Waals surface area contributed by atoms with E-state index in [0.29, 0.717) is 17.6 Å². The maximum Gasteiger partial charge on any atom is 0.244 e. The molecule has 1 fully saturated rings. The van der Waals surface area contributed by atoms with Crippen molar-refractivity contribution in [2.75, 3.05) is 33.1 Å². The highest BCUT2D eigenvalue weighted by molar-refractivity contribution is 6.18. The van der Waals surface area contributed by atoms with Gasteiger partial charge in [-0.05, 0) is 21.0 Å². The minimum atomic E-state index is -0.346. The van der Waals surface area contributed by atoms with Gasteiger partial charge in [-0.15, -0.1) is 11.6 Å². The van der Waals surface area contributed by atoms with E-state index in [0.717, 1.165) is 13.2 Å². The van der Waals surface area contributed by atoms with Crippen LogP contribution in [-0.4, -0.2) is 50.0 Å². The average molecular weight is 235 g/mol. The van der Waals surface area contributed by atoms with Crippen LogP contribution >= 0.6 is 11.6 Å². The lowest BCUT2D eigenvalue weighted by Crippen LogP contribution is -2.15. The summed E-state index contributed by atoms with van der Waals surface area (Å²) < 4.78 is 4.73. The van der Waals surface area contributed by atoms with Gasteiger partial charge in [0.15, 0.2) is 0 Å². The molecule has 1 atom stereocenters. The van der Waals surface area contributed by atoms with Crippen LogP contribution in [0.3, 0.4) is 0 Å². The van der Waals surface area contributed by atoms with Crippen LogP contribution in [0.5, 0.6) is 0 Å². The third-order valence-corrected chi connectivity index (χ3v) is 2.07. The standard InChI is InChI=1S/C7H14N2O.C3H5ClO/c1-6(7(8)10)4-5-9(2)3;4-1-3-2-5-3/h4H,5H2,1-3H3,(H2,8,10);3H,1-2H2. The Bertz CT molecular complexity index is 225. The second kappa shape index (κ2) is 7.68. The highest BCUT2D eigenvalue weighted by atomic mass is 35.5. The number of hydrogen-bond donors (Lipinski definition) is 1. The van der Waals surface area contributed by atoms with Crippen LogP contribution < -0.4 is 5.73 Å². The maximum absolute atomic E-state index is 10.4. The number of hydrogen-bond acceptors (Lipinski definition) is 3. The zero-order chi connectivity index (χ0) is 11.8. The number of carbonyl (C=O) groups is 1. The summed E-state index contributed by atoms with van der Waals surface area (Å²) in [5.41, 5.74) is 5.62. The molecular formula is C10H19ClN2O2. The zero-order valence-corrected chi connectivity index (χ0v) is 10.3. The Morgan fingerprint density at radius 2 is 2.20 bits per heavy atom.